The van der Waals surface area contributed by atoms with Gasteiger partial charge in [-0.1, -0.05) is 0 Å². The number of ketones is 1. The minimum Gasteiger partial charge on any atom is -0.454 e. The summed E-state index contributed by atoms with van der Waals surface area (Å²) in [5, 5.41) is 0. The molecule has 1 fully saturated rings. The molecule has 5 heteroatoms. The third-order valence-corrected chi connectivity index (χ3v) is 3.38. The molecule has 5 nitrogen and oxygen atoms in total. The van der Waals surface area contributed by atoms with Gasteiger partial charge in [-0.15, -0.1) is 0 Å². The van der Waals surface area contributed by atoms with Gasteiger partial charge in [-0.25, -0.2) is 0 Å². The highest BCUT2D eigenvalue weighted by molar-refractivity contribution is 6.00. The lowest BCUT2D eigenvalue weighted by Gasteiger charge is -2.16. The van der Waals surface area contributed by atoms with Crippen molar-refractivity contribution >= 4 is 11.7 Å². The quantitative estimate of drug-likeness (QED) is 0.770. The van der Waals surface area contributed by atoms with Crippen LogP contribution < -0.4 is 9.47 Å². The first-order valence-electron chi connectivity index (χ1n) is 6.33. The molecule has 0 spiro atoms. The zero-order valence-corrected chi connectivity index (χ0v) is 10.7. The smallest absolute Gasteiger partial charge is 0.231 e. The maximum Gasteiger partial charge on any atom is 0.231 e. The predicted molar refractivity (Wildman–Crippen MR) is 67.3 cm³/mol. The molecule has 1 aromatic carbocycles. The summed E-state index contributed by atoms with van der Waals surface area (Å²) < 4.78 is 10.4. The molecule has 1 saturated carbocycles. The van der Waals surface area contributed by atoms with Crippen molar-refractivity contribution in [2.24, 2.45) is 5.92 Å². The van der Waals surface area contributed by atoms with Gasteiger partial charge in [-0.2, -0.15) is 0 Å². The minimum absolute atomic E-state index is 0.0640. The second-order valence-corrected chi connectivity index (χ2v) is 4.96. The molecule has 19 heavy (non-hydrogen) atoms. The molecule has 1 amide bonds. The van der Waals surface area contributed by atoms with Crippen molar-refractivity contribution in [3.05, 3.63) is 23.8 Å². The number of likely N-dealkylation sites (N-methyl/N-ethyl adjacent to an activating group) is 1. The Labute approximate surface area is 111 Å². The first-order chi connectivity index (χ1) is 9.15. The summed E-state index contributed by atoms with van der Waals surface area (Å²) in [6.07, 6.45) is 1.89. The fourth-order valence-corrected chi connectivity index (χ4v) is 2.10. The van der Waals surface area contributed by atoms with Crippen molar-refractivity contribution in [1.82, 2.24) is 4.90 Å². The molecular formula is C14H15NO4. The summed E-state index contributed by atoms with van der Waals surface area (Å²) in [7, 11) is 1.67. The molecule has 0 radical (unpaired) electrons. The SMILES string of the molecule is CN(CC(=O)c1ccc2c(c1)OCO2)C(=O)C1CC1. The van der Waals surface area contributed by atoms with Crippen molar-refractivity contribution in [2.75, 3.05) is 20.4 Å². The highest BCUT2D eigenvalue weighted by atomic mass is 16.7. The third-order valence-electron chi connectivity index (χ3n) is 3.38. The Bertz CT molecular complexity index is 536. The molecular weight excluding hydrogens is 246 g/mol. The number of hydrogen-bond donors (Lipinski definition) is 0. The number of hydrogen-bond acceptors (Lipinski definition) is 4. The van der Waals surface area contributed by atoms with E-state index in [9.17, 15) is 9.59 Å². The summed E-state index contributed by atoms with van der Waals surface area (Å²) in [5.74, 6) is 1.35. The maximum atomic E-state index is 12.1. The van der Waals surface area contributed by atoms with Crippen LogP contribution in [0.2, 0.25) is 0 Å². The highest BCUT2D eigenvalue weighted by Crippen LogP contribution is 2.33. The lowest BCUT2D eigenvalue weighted by molar-refractivity contribution is -0.130. The molecule has 100 valence electrons. The summed E-state index contributed by atoms with van der Waals surface area (Å²) in [5.41, 5.74) is 0.541. The second-order valence-electron chi connectivity index (χ2n) is 4.96. The van der Waals surface area contributed by atoms with Crippen molar-refractivity contribution in [3.63, 3.8) is 0 Å². The predicted octanol–water partition coefficient (Wildman–Crippen LogP) is 1.47. The molecule has 0 bridgehead atoms. The average Bonchev–Trinajstić information content (AvgIpc) is 3.15. The van der Waals surface area contributed by atoms with E-state index in [0.717, 1.165) is 12.8 Å². The van der Waals surface area contributed by atoms with Gasteiger partial charge in [0.15, 0.2) is 17.3 Å². The van der Waals surface area contributed by atoms with E-state index in [2.05, 4.69) is 0 Å². The molecule has 1 aromatic rings. The third kappa shape index (κ3) is 2.41. The first-order valence-corrected chi connectivity index (χ1v) is 6.33. The largest absolute Gasteiger partial charge is 0.454 e. The molecule has 0 saturated heterocycles. The Hall–Kier alpha value is -2.04. The molecule has 2 aliphatic rings. The number of Topliss-reactive ketones (excluding diaryl/α,β-unsaturated/α-hetero) is 1. The highest BCUT2D eigenvalue weighted by Gasteiger charge is 2.32. The van der Waals surface area contributed by atoms with Crippen LogP contribution in [0.3, 0.4) is 0 Å². The average molecular weight is 261 g/mol. The fourth-order valence-electron chi connectivity index (χ4n) is 2.10. The van der Waals surface area contributed by atoms with E-state index in [4.69, 9.17) is 9.47 Å². The Balaban J connectivity index is 1.68. The van der Waals surface area contributed by atoms with Gasteiger partial charge in [0.2, 0.25) is 12.7 Å². The van der Waals surface area contributed by atoms with E-state index in [-0.39, 0.29) is 30.9 Å². The van der Waals surface area contributed by atoms with Gasteiger partial charge in [0.1, 0.15) is 0 Å². The summed E-state index contributed by atoms with van der Waals surface area (Å²) >= 11 is 0. The summed E-state index contributed by atoms with van der Waals surface area (Å²) in [6, 6.07) is 5.09. The van der Waals surface area contributed by atoms with Crippen LogP contribution in [0.5, 0.6) is 11.5 Å². The molecule has 0 atom stereocenters. The topological polar surface area (TPSA) is 55.8 Å². The van der Waals surface area contributed by atoms with Crippen molar-refractivity contribution in [3.8, 4) is 11.5 Å². The van der Waals surface area contributed by atoms with Crippen LogP contribution in [0.1, 0.15) is 23.2 Å². The monoisotopic (exact) mass is 261 g/mol. The van der Waals surface area contributed by atoms with E-state index in [1.54, 1.807) is 25.2 Å². The van der Waals surface area contributed by atoms with Crippen LogP contribution in [0.4, 0.5) is 0 Å². The Morgan fingerprint density at radius 2 is 2.00 bits per heavy atom. The lowest BCUT2D eigenvalue weighted by Crippen LogP contribution is -2.33. The number of carbonyl (C=O) groups excluding carboxylic acids is 2. The van der Waals surface area contributed by atoms with Crippen LogP contribution in [-0.4, -0.2) is 37.0 Å². The van der Waals surface area contributed by atoms with Crippen LogP contribution in [-0.2, 0) is 4.79 Å². The Kier molecular flexibility index (Phi) is 2.89. The number of fused-ring (bicyclic) bond motifs is 1. The fraction of sp³-hybridized carbons (Fsp3) is 0.429. The molecule has 0 aromatic heterocycles. The van der Waals surface area contributed by atoms with Gasteiger partial charge < -0.3 is 14.4 Å². The van der Waals surface area contributed by atoms with E-state index < -0.39 is 0 Å². The normalized spacial score (nSPS) is 16.3. The minimum atomic E-state index is -0.0881. The van der Waals surface area contributed by atoms with Gasteiger partial charge in [-0.05, 0) is 31.0 Å². The molecule has 0 N–H and O–H groups in total. The van der Waals surface area contributed by atoms with Crippen LogP contribution >= 0.6 is 0 Å². The zero-order valence-electron chi connectivity index (χ0n) is 10.7. The zero-order chi connectivity index (χ0) is 13.4. The standard InChI is InChI=1S/C14H15NO4/c1-15(14(17)9-2-3-9)7-11(16)10-4-5-12-13(6-10)19-8-18-12/h4-6,9H,2-3,7-8H2,1H3. The first kappa shape index (κ1) is 12.0. The number of benzene rings is 1. The van der Waals surface area contributed by atoms with Gasteiger partial charge in [-0.3, -0.25) is 9.59 Å². The van der Waals surface area contributed by atoms with Crippen LogP contribution in [0.25, 0.3) is 0 Å². The van der Waals surface area contributed by atoms with Gasteiger partial charge >= 0.3 is 0 Å². The summed E-state index contributed by atoms with van der Waals surface area (Å²) in [6.45, 7) is 0.294. The molecule has 1 aliphatic heterocycles. The molecule has 1 heterocycles. The van der Waals surface area contributed by atoms with Crippen molar-refractivity contribution in [2.45, 2.75) is 12.8 Å². The van der Waals surface area contributed by atoms with E-state index >= 15 is 0 Å². The number of rotatable bonds is 4. The van der Waals surface area contributed by atoms with Gasteiger partial charge in [0.25, 0.3) is 0 Å². The van der Waals surface area contributed by atoms with Gasteiger partial charge in [0, 0.05) is 18.5 Å². The number of ether oxygens (including phenoxy) is 2. The lowest BCUT2D eigenvalue weighted by atomic mass is 10.1. The molecule has 0 unspecified atom stereocenters. The number of nitrogens with zero attached hydrogens (tertiary/aromatic N) is 1. The van der Waals surface area contributed by atoms with E-state index in [1.807, 2.05) is 0 Å². The van der Waals surface area contributed by atoms with Crippen molar-refractivity contribution in [1.29, 1.82) is 0 Å². The number of carbonyl (C=O) groups is 2. The van der Waals surface area contributed by atoms with E-state index in [0.29, 0.717) is 17.1 Å². The molecule has 1 aliphatic carbocycles. The van der Waals surface area contributed by atoms with E-state index in [1.165, 1.54) is 4.90 Å². The van der Waals surface area contributed by atoms with Gasteiger partial charge in [0.05, 0.1) is 6.54 Å². The Morgan fingerprint density at radius 3 is 2.74 bits per heavy atom. The number of amides is 1. The summed E-state index contributed by atoms with van der Waals surface area (Å²) in [4.78, 5) is 25.4. The van der Waals surface area contributed by atoms with Crippen molar-refractivity contribution < 1.29 is 19.1 Å². The van der Waals surface area contributed by atoms with Crippen LogP contribution in [0, 0.1) is 5.92 Å². The Morgan fingerprint density at radius 1 is 1.26 bits per heavy atom. The second kappa shape index (κ2) is 4.57. The van der Waals surface area contributed by atoms with Crippen LogP contribution in [0.15, 0.2) is 18.2 Å². The maximum absolute atomic E-state index is 12.1. The molecule has 3 rings (SSSR count).